The Morgan fingerprint density at radius 2 is 2.15 bits per heavy atom. The average molecular weight is 330 g/mol. The number of nitrogens with two attached hydrogens (primary N) is 1. The summed E-state index contributed by atoms with van der Waals surface area (Å²) < 4.78 is 0. The molecule has 7 heteroatoms. The fourth-order valence-corrected chi connectivity index (χ4v) is 2.65. The molecular formula is C13H13Cl2N3OS. The van der Waals surface area contributed by atoms with Crippen molar-refractivity contribution in [1.82, 2.24) is 9.88 Å². The van der Waals surface area contributed by atoms with Crippen molar-refractivity contribution in [2.45, 2.75) is 13.1 Å². The number of rotatable bonds is 4. The van der Waals surface area contributed by atoms with Gasteiger partial charge in [-0.3, -0.25) is 4.79 Å². The maximum absolute atomic E-state index is 12.2. The lowest BCUT2D eigenvalue weighted by atomic mass is 10.2. The molecule has 0 bridgehead atoms. The molecule has 106 valence electrons. The van der Waals surface area contributed by atoms with Gasteiger partial charge >= 0.3 is 0 Å². The Morgan fingerprint density at radius 1 is 1.40 bits per heavy atom. The van der Waals surface area contributed by atoms with Crippen LogP contribution in [0.1, 0.15) is 21.1 Å². The summed E-state index contributed by atoms with van der Waals surface area (Å²) in [6, 6.07) is 5.30. The minimum Gasteiger partial charge on any atom is -0.336 e. The molecule has 0 aliphatic rings. The lowest BCUT2D eigenvalue weighted by molar-refractivity contribution is 0.0780. The second-order valence-corrected chi connectivity index (χ2v) is 6.00. The number of carbonyl (C=O) groups excluding carboxylic acids is 1. The summed E-state index contributed by atoms with van der Waals surface area (Å²) in [5.74, 6) is -0.146. The molecule has 1 aromatic heterocycles. The summed E-state index contributed by atoms with van der Waals surface area (Å²) in [5.41, 5.74) is 6.81. The van der Waals surface area contributed by atoms with Crippen LogP contribution in [0.25, 0.3) is 0 Å². The van der Waals surface area contributed by atoms with Crippen LogP contribution in [0.4, 0.5) is 0 Å². The molecule has 0 saturated carbocycles. The summed E-state index contributed by atoms with van der Waals surface area (Å²) in [4.78, 5) is 18.0. The molecule has 0 unspecified atom stereocenters. The third kappa shape index (κ3) is 3.49. The van der Waals surface area contributed by atoms with Crippen molar-refractivity contribution in [1.29, 1.82) is 0 Å². The van der Waals surface area contributed by atoms with E-state index < -0.39 is 0 Å². The zero-order valence-corrected chi connectivity index (χ0v) is 13.1. The Hall–Kier alpha value is -1.14. The predicted molar refractivity (Wildman–Crippen MR) is 82.3 cm³/mol. The molecule has 0 aliphatic carbocycles. The van der Waals surface area contributed by atoms with Crippen LogP contribution in [0.5, 0.6) is 0 Å². The predicted octanol–water partition coefficient (Wildman–Crippen LogP) is 3.18. The summed E-state index contributed by atoms with van der Waals surface area (Å²) in [5, 5.41) is 3.44. The van der Waals surface area contributed by atoms with Gasteiger partial charge in [-0.15, -0.1) is 11.3 Å². The van der Waals surface area contributed by atoms with E-state index in [2.05, 4.69) is 4.98 Å². The van der Waals surface area contributed by atoms with E-state index in [1.165, 1.54) is 11.3 Å². The Labute approximate surface area is 131 Å². The molecule has 0 radical (unpaired) electrons. The first-order chi connectivity index (χ1) is 9.51. The van der Waals surface area contributed by atoms with Gasteiger partial charge in [0.1, 0.15) is 10.7 Å². The largest absolute Gasteiger partial charge is 0.336 e. The number of carbonyl (C=O) groups is 1. The number of hydrogen-bond acceptors (Lipinski definition) is 4. The van der Waals surface area contributed by atoms with Gasteiger partial charge in [0.15, 0.2) is 0 Å². The molecule has 4 nitrogen and oxygen atoms in total. The van der Waals surface area contributed by atoms with Gasteiger partial charge in [0.05, 0.1) is 10.0 Å². The van der Waals surface area contributed by atoms with Gasteiger partial charge in [-0.25, -0.2) is 4.98 Å². The zero-order chi connectivity index (χ0) is 14.7. The molecule has 2 rings (SSSR count). The van der Waals surface area contributed by atoms with Gasteiger partial charge in [-0.2, -0.15) is 0 Å². The molecule has 1 aromatic carbocycles. The second-order valence-electron chi connectivity index (χ2n) is 4.24. The number of nitrogens with zero attached hydrogens (tertiary/aromatic N) is 2. The molecule has 0 fully saturated rings. The zero-order valence-electron chi connectivity index (χ0n) is 10.8. The number of aromatic nitrogens is 1. The molecule has 2 aromatic rings. The molecule has 0 aliphatic heterocycles. The normalized spacial score (nSPS) is 10.6. The van der Waals surface area contributed by atoms with Crippen molar-refractivity contribution in [2.75, 3.05) is 7.05 Å². The molecule has 0 saturated heterocycles. The van der Waals surface area contributed by atoms with Crippen LogP contribution in [0, 0.1) is 0 Å². The van der Waals surface area contributed by atoms with E-state index >= 15 is 0 Å². The average Bonchev–Trinajstić information content (AvgIpc) is 2.91. The van der Waals surface area contributed by atoms with Gasteiger partial charge in [-0.1, -0.05) is 29.3 Å². The number of hydrogen-bond donors (Lipinski definition) is 1. The van der Waals surface area contributed by atoms with E-state index in [0.29, 0.717) is 28.8 Å². The smallest absolute Gasteiger partial charge is 0.273 e. The number of benzene rings is 1. The van der Waals surface area contributed by atoms with Crippen molar-refractivity contribution in [2.24, 2.45) is 5.73 Å². The fraction of sp³-hybridized carbons (Fsp3) is 0.231. The number of amides is 1. The first-order valence-corrected chi connectivity index (χ1v) is 7.48. The highest BCUT2D eigenvalue weighted by Crippen LogP contribution is 2.23. The van der Waals surface area contributed by atoms with E-state index in [4.69, 9.17) is 28.9 Å². The van der Waals surface area contributed by atoms with Gasteiger partial charge in [-0.05, 0) is 17.7 Å². The Balaban J connectivity index is 2.08. The summed E-state index contributed by atoms with van der Waals surface area (Å²) in [6.45, 7) is 0.777. The Bertz CT molecular complexity index is 630. The van der Waals surface area contributed by atoms with Crippen molar-refractivity contribution in [3.8, 4) is 0 Å². The molecule has 20 heavy (non-hydrogen) atoms. The van der Waals surface area contributed by atoms with Gasteiger partial charge in [0.25, 0.3) is 5.91 Å². The van der Waals surface area contributed by atoms with E-state index in [1.807, 2.05) is 6.07 Å². The second kappa shape index (κ2) is 6.54. The highest BCUT2D eigenvalue weighted by molar-refractivity contribution is 7.09. The minimum absolute atomic E-state index is 0.146. The Morgan fingerprint density at radius 3 is 2.75 bits per heavy atom. The third-order valence-electron chi connectivity index (χ3n) is 2.70. The standard InChI is InChI=1S/C13H13Cl2N3OS/c1-18(6-8-2-3-9(14)10(15)4-8)13(19)11-7-20-12(5-16)17-11/h2-4,7H,5-6,16H2,1H3. The van der Waals surface area contributed by atoms with Crippen molar-refractivity contribution in [3.63, 3.8) is 0 Å². The monoisotopic (exact) mass is 329 g/mol. The maximum Gasteiger partial charge on any atom is 0.273 e. The Kier molecular flexibility index (Phi) is 4.99. The van der Waals surface area contributed by atoms with Crippen LogP contribution in [-0.2, 0) is 13.1 Å². The highest BCUT2D eigenvalue weighted by atomic mass is 35.5. The minimum atomic E-state index is -0.146. The number of thiazole rings is 1. The molecular weight excluding hydrogens is 317 g/mol. The SMILES string of the molecule is CN(Cc1ccc(Cl)c(Cl)c1)C(=O)c1csc(CN)n1. The fourth-order valence-electron chi connectivity index (χ4n) is 1.68. The van der Waals surface area contributed by atoms with Gasteiger partial charge < -0.3 is 10.6 Å². The highest BCUT2D eigenvalue weighted by Gasteiger charge is 2.15. The van der Waals surface area contributed by atoms with Gasteiger partial charge in [0.2, 0.25) is 0 Å². The van der Waals surface area contributed by atoms with Crippen molar-refractivity contribution < 1.29 is 4.79 Å². The molecule has 2 N–H and O–H groups in total. The van der Waals surface area contributed by atoms with E-state index in [-0.39, 0.29) is 5.91 Å². The lowest BCUT2D eigenvalue weighted by Crippen LogP contribution is -2.26. The third-order valence-corrected chi connectivity index (χ3v) is 4.31. The quantitative estimate of drug-likeness (QED) is 0.937. The first-order valence-electron chi connectivity index (χ1n) is 5.85. The molecule has 1 heterocycles. The molecule has 1 amide bonds. The van der Waals surface area contributed by atoms with E-state index in [0.717, 1.165) is 10.6 Å². The maximum atomic E-state index is 12.2. The molecule has 0 atom stereocenters. The van der Waals surface area contributed by atoms with Gasteiger partial charge in [0, 0.05) is 25.5 Å². The van der Waals surface area contributed by atoms with Crippen LogP contribution in [0.2, 0.25) is 10.0 Å². The summed E-state index contributed by atoms with van der Waals surface area (Å²) in [7, 11) is 1.71. The number of halogens is 2. The van der Waals surface area contributed by atoms with Crippen LogP contribution in [0.3, 0.4) is 0 Å². The van der Waals surface area contributed by atoms with Crippen LogP contribution in [0.15, 0.2) is 23.6 Å². The van der Waals surface area contributed by atoms with Crippen LogP contribution in [-0.4, -0.2) is 22.8 Å². The topological polar surface area (TPSA) is 59.2 Å². The van der Waals surface area contributed by atoms with Crippen molar-refractivity contribution >= 4 is 40.4 Å². The first kappa shape index (κ1) is 15.3. The van der Waals surface area contributed by atoms with Crippen LogP contribution < -0.4 is 5.73 Å². The van der Waals surface area contributed by atoms with E-state index in [9.17, 15) is 4.79 Å². The van der Waals surface area contributed by atoms with Crippen molar-refractivity contribution in [3.05, 3.63) is 49.9 Å². The summed E-state index contributed by atoms with van der Waals surface area (Å²) >= 11 is 13.2. The van der Waals surface area contributed by atoms with Crippen LogP contribution >= 0.6 is 34.5 Å². The van der Waals surface area contributed by atoms with E-state index in [1.54, 1.807) is 29.5 Å². The lowest BCUT2D eigenvalue weighted by Gasteiger charge is -2.16. The summed E-state index contributed by atoms with van der Waals surface area (Å²) in [6.07, 6.45) is 0. The molecule has 0 spiro atoms.